The Morgan fingerprint density at radius 2 is 1.59 bits per heavy atom. The van der Waals surface area contributed by atoms with Crippen molar-refractivity contribution in [1.82, 2.24) is 0 Å². The van der Waals surface area contributed by atoms with E-state index in [1.807, 2.05) is 19.1 Å². The predicted molar refractivity (Wildman–Crippen MR) is 111 cm³/mol. The van der Waals surface area contributed by atoms with Gasteiger partial charge in [-0.3, -0.25) is 0 Å². The van der Waals surface area contributed by atoms with Crippen LogP contribution in [-0.2, 0) is 4.79 Å². The van der Waals surface area contributed by atoms with Crippen LogP contribution in [0, 0.1) is 11.3 Å². The van der Waals surface area contributed by atoms with E-state index in [2.05, 4.69) is 0 Å². The van der Waals surface area contributed by atoms with E-state index in [1.54, 1.807) is 49.6 Å². The summed E-state index contributed by atoms with van der Waals surface area (Å²) in [6.45, 7) is 2.63. The smallest absolute Gasteiger partial charge is 0.336 e. The lowest BCUT2D eigenvalue weighted by Crippen LogP contribution is -2.05. The molecule has 0 heterocycles. The van der Waals surface area contributed by atoms with E-state index in [9.17, 15) is 4.79 Å². The highest BCUT2D eigenvalue weighted by Crippen LogP contribution is 2.30. The summed E-state index contributed by atoms with van der Waals surface area (Å²) >= 11 is 0. The van der Waals surface area contributed by atoms with Crippen molar-refractivity contribution in [2.75, 3.05) is 20.8 Å². The summed E-state index contributed by atoms with van der Waals surface area (Å²) in [5, 5.41) is 8.61. The summed E-state index contributed by atoms with van der Waals surface area (Å²) < 4.78 is 21.6. The molecule has 0 bridgehead atoms. The Kier molecular flexibility index (Phi) is 8.33. The first kappa shape index (κ1) is 21.6. The number of methoxy groups -OCH3 is 2. The van der Waals surface area contributed by atoms with E-state index in [0.717, 1.165) is 17.5 Å². The maximum Gasteiger partial charge on any atom is 0.336 e. The van der Waals surface area contributed by atoms with E-state index in [1.165, 1.54) is 19.3 Å². The van der Waals surface area contributed by atoms with E-state index in [-0.39, 0.29) is 5.75 Å². The van der Waals surface area contributed by atoms with Crippen LogP contribution in [0.25, 0.3) is 12.2 Å². The van der Waals surface area contributed by atoms with Gasteiger partial charge in [0.05, 0.1) is 26.9 Å². The predicted octanol–water partition coefficient (Wildman–Crippen LogP) is 4.65. The van der Waals surface area contributed by atoms with Crippen LogP contribution in [0.4, 0.5) is 0 Å². The minimum atomic E-state index is -0.547. The molecule has 0 amide bonds. The molecule has 0 atom stereocenters. The Balaban J connectivity index is 2.09. The fraction of sp³-hybridized carbons (Fsp3) is 0.217. The molecule has 0 spiro atoms. The number of carbonyl (C=O) groups is 1. The Hall–Kier alpha value is -3.72. The fourth-order valence-electron chi connectivity index (χ4n) is 2.43. The van der Waals surface area contributed by atoms with E-state index in [0.29, 0.717) is 23.9 Å². The molecule has 0 aliphatic heterocycles. The Bertz CT molecular complexity index is 941. The number of hydrogen-bond acceptors (Lipinski definition) is 6. The molecule has 0 aromatic heterocycles. The van der Waals surface area contributed by atoms with Crippen LogP contribution in [0.2, 0.25) is 0 Å². The normalized spacial score (nSPS) is 10.7. The third-order valence-electron chi connectivity index (χ3n) is 3.81. The number of rotatable bonds is 9. The lowest BCUT2D eigenvalue weighted by Gasteiger charge is -2.10. The molecule has 0 aliphatic rings. The zero-order valence-electron chi connectivity index (χ0n) is 16.7. The van der Waals surface area contributed by atoms with Crippen LogP contribution in [-0.4, -0.2) is 26.8 Å². The van der Waals surface area contributed by atoms with Crippen molar-refractivity contribution < 1.29 is 23.7 Å². The van der Waals surface area contributed by atoms with Crippen LogP contribution in [0.3, 0.4) is 0 Å². The average molecular weight is 393 g/mol. The molecule has 6 nitrogen and oxygen atoms in total. The van der Waals surface area contributed by atoms with Crippen LogP contribution >= 0.6 is 0 Å². The van der Waals surface area contributed by atoms with Gasteiger partial charge in [-0.1, -0.05) is 19.1 Å². The first-order valence-corrected chi connectivity index (χ1v) is 9.06. The van der Waals surface area contributed by atoms with Gasteiger partial charge in [-0.15, -0.1) is 0 Å². The van der Waals surface area contributed by atoms with Gasteiger partial charge in [-0.25, -0.2) is 4.79 Å². The molecule has 6 heteroatoms. The number of nitriles is 1. The number of carbonyl (C=O) groups excluding carboxylic acids is 1. The Morgan fingerprint density at radius 1 is 0.966 bits per heavy atom. The number of nitrogens with zero attached hydrogens (tertiary/aromatic N) is 1. The van der Waals surface area contributed by atoms with Crippen molar-refractivity contribution in [1.29, 1.82) is 5.26 Å². The second-order valence-electron chi connectivity index (χ2n) is 5.89. The maximum atomic E-state index is 12.2. The molecule has 0 saturated carbocycles. The van der Waals surface area contributed by atoms with Crippen molar-refractivity contribution in [3.63, 3.8) is 0 Å². The largest absolute Gasteiger partial charge is 0.493 e. The molecule has 0 saturated heterocycles. The second kappa shape index (κ2) is 11.2. The van der Waals surface area contributed by atoms with E-state index < -0.39 is 5.97 Å². The number of allylic oxidation sites excluding steroid dienone is 1. The van der Waals surface area contributed by atoms with Gasteiger partial charge in [0.2, 0.25) is 0 Å². The van der Waals surface area contributed by atoms with Crippen molar-refractivity contribution in [3.05, 3.63) is 59.7 Å². The molecule has 2 aromatic carbocycles. The van der Waals surface area contributed by atoms with E-state index in [4.69, 9.17) is 24.2 Å². The highest BCUT2D eigenvalue weighted by Gasteiger charge is 2.09. The lowest BCUT2D eigenvalue weighted by molar-refractivity contribution is -0.129. The van der Waals surface area contributed by atoms with Crippen LogP contribution in [0.15, 0.2) is 48.6 Å². The first-order valence-electron chi connectivity index (χ1n) is 9.06. The molecule has 0 fully saturated rings. The van der Waals surface area contributed by atoms with Crippen LogP contribution in [0.5, 0.6) is 23.0 Å². The number of benzene rings is 2. The van der Waals surface area contributed by atoms with Gasteiger partial charge < -0.3 is 18.9 Å². The molecule has 0 unspecified atom stereocenters. The zero-order chi connectivity index (χ0) is 21.1. The molecular weight excluding hydrogens is 370 g/mol. The molecule has 0 N–H and O–H groups in total. The third kappa shape index (κ3) is 6.43. The Morgan fingerprint density at radius 3 is 2.21 bits per heavy atom. The summed E-state index contributed by atoms with van der Waals surface area (Å²) in [4.78, 5) is 12.2. The van der Waals surface area contributed by atoms with Gasteiger partial charge in [-0.05, 0) is 54.0 Å². The summed E-state index contributed by atoms with van der Waals surface area (Å²) in [5.41, 5.74) is 1.53. The number of esters is 1. The second-order valence-corrected chi connectivity index (χ2v) is 5.89. The number of hydrogen-bond donors (Lipinski definition) is 0. The average Bonchev–Trinajstić information content (AvgIpc) is 2.75. The van der Waals surface area contributed by atoms with Crippen LogP contribution in [0.1, 0.15) is 24.5 Å². The molecule has 0 radical (unpaired) electrons. The highest BCUT2D eigenvalue weighted by molar-refractivity contribution is 5.89. The quantitative estimate of drug-likeness (QED) is 0.267. The minimum Gasteiger partial charge on any atom is -0.493 e. The summed E-state index contributed by atoms with van der Waals surface area (Å²) in [5.74, 6) is 1.39. The molecule has 0 aliphatic carbocycles. The van der Waals surface area contributed by atoms with Gasteiger partial charge in [0.25, 0.3) is 0 Å². The zero-order valence-corrected chi connectivity index (χ0v) is 16.7. The van der Waals surface area contributed by atoms with Crippen molar-refractivity contribution in [3.8, 4) is 29.1 Å². The molecule has 150 valence electrons. The van der Waals surface area contributed by atoms with Crippen molar-refractivity contribution in [2.24, 2.45) is 0 Å². The Labute approximate surface area is 170 Å². The van der Waals surface area contributed by atoms with Crippen LogP contribution < -0.4 is 18.9 Å². The molecule has 2 aromatic rings. The molecular formula is C23H23NO5. The van der Waals surface area contributed by atoms with E-state index >= 15 is 0 Å². The number of ether oxygens (including phenoxy) is 4. The monoisotopic (exact) mass is 393 g/mol. The summed E-state index contributed by atoms with van der Waals surface area (Å²) in [6.07, 6.45) is 6.84. The summed E-state index contributed by atoms with van der Waals surface area (Å²) in [7, 11) is 3.05. The minimum absolute atomic E-state index is 0.289. The van der Waals surface area contributed by atoms with Gasteiger partial charge >= 0.3 is 5.97 Å². The van der Waals surface area contributed by atoms with Gasteiger partial charge in [0, 0.05) is 12.2 Å². The first-order chi connectivity index (χ1) is 14.1. The van der Waals surface area contributed by atoms with Gasteiger partial charge in [0.1, 0.15) is 0 Å². The lowest BCUT2D eigenvalue weighted by atomic mass is 10.2. The SMILES string of the molecule is CCCOc1ccc(/C=C/C(=O)Oc2ccc(/C=C\C#N)cc2OC)cc1OC. The maximum absolute atomic E-state index is 12.2. The van der Waals surface area contributed by atoms with Crippen molar-refractivity contribution in [2.45, 2.75) is 13.3 Å². The molecule has 29 heavy (non-hydrogen) atoms. The molecule has 2 rings (SSSR count). The summed E-state index contributed by atoms with van der Waals surface area (Å²) in [6, 6.07) is 12.4. The highest BCUT2D eigenvalue weighted by atomic mass is 16.6. The van der Waals surface area contributed by atoms with Gasteiger partial charge in [0.15, 0.2) is 23.0 Å². The van der Waals surface area contributed by atoms with Gasteiger partial charge in [-0.2, -0.15) is 5.26 Å². The fourth-order valence-corrected chi connectivity index (χ4v) is 2.43. The van der Waals surface area contributed by atoms with Crippen molar-refractivity contribution >= 4 is 18.1 Å². The third-order valence-corrected chi connectivity index (χ3v) is 3.81. The topological polar surface area (TPSA) is 77.8 Å². The standard InChI is InChI=1S/C23H23NO5/c1-4-14-28-19-10-7-18(16-21(19)26-2)9-12-23(25)29-20-11-8-17(6-5-13-24)15-22(20)27-3/h5-12,15-16H,4,14H2,1-3H3/b6-5-,12-9+.